The van der Waals surface area contributed by atoms with Gasteiger partial charge in [0.15, 0.2) is 5.75 Å². The minimum atomic E-state index is -0.737. The molecule has 132 valence electrons. The van der Waals surface area contributed by atoms with Crippen molar-refractivity contribution in [2.45, 2.75) is 25.0 Å². The molecular weight excluding hydrogens is 334 g/mol. The van der Waals surface area contributed by atoms with Crippen LogP contribution in [-0.2, 0) is 5.41 Å². The summed E-state index contributed by atoms with van der Waals surface area (Å²) in [5, 5.41) is 11.5. The predicted molar refractivity (Wildman–Crippen MR) is 108 cm³/mol. The van der Waals surface area contributed by atoms with E-state index in [4.69, 9.17) is 9.73 Å². The molecular formula is C23H19N3O. The maximum absolute atomic E-state index is 9.64. The van der Waals surface area contributed by atoms with Crippen LogP contribution in [0.5, 0.6) is 5.75 Å². The molecule has 1 atom stereocenters. The number of ether oxygens (including phenoxy) is 1. The first-order valence-electron chi connectivity index (χ1n) is 9.03. The summed E-state index contributed by atoms with van der Waals surface area (Å²) in [6.07, 6.45) is 1.92. The Balaban J connectivity index is 1.75. The Morgan fingerprint density at radius 1 is 1.04 bits per heavy atom. The zero-order chi connectivity index (χ0) is 18.8. The third-order valence-corrected chi connectivity index (χ3v) is 6.07. The molecule has 2 heterocycles. The number of aliphatic imine (C=N–C) groups is 1. The summed E-state index contributed by atoms with van der Waals surface area (Å²) >= 11 is 0. The second-order valence-electron chi connectivity index (χ2n) is 7.69. The van der Waals surface area contributed by atoms with E-state index in [0.29, 0.717) is 11.3 Å². The van der Waals surface area contributed by atoms with E-state index in [1.807, 2.05) is 49.7 Å². The highest BCUT2D eigenvalue weighted by molar-refractivity contribution is 6.02. The van der Waals surface area contributed by atoms with Gasteiger partial charge in [0.1, 0.15) is 5.69 Å². The van der Waals surface area contributed by atoms with Crippen LogP contribution in [0.15, 0.2) is 59.6 Å². The van der Waals surface area contributed by atoms with Crippen LogP contribution >= 0.6 is 0 Å². The molecule has 0 N–H and O–H groups in total. The van der Waals surface area contributed by atoms with Crippen LogP contribution in [0.25, 0.3) is 10.8 Å². The molecule has 0 saturated heterocycles. The second-order valence-corrected chi connectivity index (χ2v) is 7.69. The Morgan fingerprint density at radius 3 is 2.48 bits per heavy atom. The number of para-hydroxylation sites is 1. The van der Waals surface area contributed by atoms with Gasteiger partial charge in [-0.15, -0.1) is 0 Å². The SMILES string of the molecule is CN1c2ccccc2C(C)(C)C12C=Nc1c(cc(C#N)c3ccccc13)O2. The Morgan fingerprint density at radius 2 is 1.74 bits per heavy atom. The maximum Gasteiger partial charge on any atom is 0.228 e. The first-order valence-corrected chi connectivity index (χ1v) is 9.03. The molecule has 4 heteroatoms. The number of benzene rings is 3. The fraction of sp³-hybridized carbons (Fsp3) is 0.217. The van der Waals surface area contributed by atoms with Gasteiger partial charge in [0, 0.05) is 29.6 Å². The van der Waals surface area contributed by atoms with Crippen molar-refractivity contribution in [2.24, 2.45) is 4.99 Å². The molecule has 5 rings (SSSR count). The van der Waals surface area contributed by atoms with E-state index in [0.717, 1.165) is 22.1 Å². The summed E-state index contributed by atoms with van der Waals surface area (Å²) in [5.41, 5.74) is 2.71. The largest absolute Gasteiger partial charge is 0.459 e. The van der Waals surface area contributed by atoms with Crippen molar-refractivity contribution in [2.75, 3.05) is 11.9 Å². The molecule has 0 bridgehead atoms. The third-order valence-electron chi connectivity index (χ3n) is 6.07. The number of hydrogen-bond donors (Lipinski definition) is 0. The first kappa shape index (κ1) is 15.9. The molecule has 0 fully saturated rings. The van der Waals surface area contributed by atoms with Crippen molar-refractivity contribution in [3.63, 3.8) is 0 Å². The highest BCUT2D eigenvalue weighted by Crippen LogP contribution is 2.54. The van der Waals surface area contributed by atoms with Crippen LogP contribution in [0.2, 0.25) is 0 Å². The monoisotopic (exact) mass is 353 g/mol. The first-order chi connectivity index (χ1) is 13.0. The molecule has 4 nitrogen and oxygen atoms in total. The summed E-state index contributed by atoms with van der Waals surface area (Å²) in [6.45, 7) is 4.36. The number of rotatable bonds is 0. The van der Waals surface area contributed by atoms with Crippen molar-refractivity contribution in [3.8, 4) is 11.8 Å². The zero-order valence-electron chi connectivity index (χ0n) is 15.5. The Labute approximate surface area is 158 Å². The van der Waals surface area contributed by atoms with E-state index in [-0.39, 0.29) is 5.41 Å². The Bertz CT molecular complexity index is 1170. The van der Waals surface area contributed by atoms with E-state index >= 15 is 0 Å². The number of hydrogen-bond acceptors (Lipinski definition) is 4. The molecule has 3 aromatic carbocycles. The van der Waals surface area contributed by atoms with Crippen LogP contribution in [0.4, 0.5) is 11.4 Å². The summed E-state index contributed by atoms with van der Waals surface area (Å²) in [6, 6.07) is 20.3. The lowest BCUT2D eigenvalue weighted by Crippen LogP contribution is -2.61. The van der Waals surface area contributed by atoms with Gasteiger partial charge in [-0.05, 0) is 25.5 Å². The maximum atomic E-state index is 9.64. The highest BCUT2D eigenvalue weighted by Gasteiger charge is 2.58. The van der Waals surface area contributed by atoms with Crippen LogP contribution in [0, 0.1) is 11.3 Å². The fourth-order valence-corrected chi connectivity index (χ4v) is 4.51. The number of nitrogens with zero attached hydrogens (tertiary/aromatic N) is 3. The molecule has 0 radical (unpaired) electrons. The van der Waals surface area contributed by atoms with Gasteiger partial charge in [-0.25, -0.2) is 0 Å². The summed E-state index contributed by atoms with van der Waals surface area (Å²) < 4.78 is 6.67. The van der Waals surface area contributed by atoms with Crippen LogP contribution in [-0.4, -0.2) is 19.0 Å². The summed E-state index contributed by atoms with van der Waals surface area (Å²) in [7, 11) is 2.04. The number of anilines is 1. The highest BCUT2D eigenvalue weighted by atomic mass is 16.5. The summed E-state index contributed by atoms with van der Waals surface area (Å²) in [5.74, 6) is 0.653. The fourth-order valence-electron chi connectivity index (χ4n) is 4.51. The van der Waals surface area contributed by atoms with Crippen molar-refractivity contribution in [1.29, 1.82) is 5.26 Å². The van der Waals surface area contributed by atoms with Crippen LogP contribution < -0.4 is 9.64 Å². The third kappa shape index (κ3) is 1.84. The van der Waals surface area contributed by atoms with Crippen molar-refractivity contribution < 1.29 is 4.74 Å². The van der Waals surface area contributed by atoms with Gasteiger partial charge in [0.25, 0.3) is 0 Å². The molecule has 0 aliphatic carbocycles. The van der Waals surface area contributed by atoms with Gasteiger partial charge in [-0.3, -0.25) is 4.99 Å². The average molecular weight is 353 g/mol. The number of nitriles is 1. The van der Waals surface area contributed by atoms with E-state index in [1.54, 1.807) is 0 Å². The quantitative estimate of drug-likeness (QED) is 0.576. The van der Waals surface area contributed by atoms with Crippen molar-refractivity contribution >= 4 is 28.4 Å². The molecule has 2 aliphatic heterocycles. The standard InChI is InChI=1S/C23H19N3O/c1-22(2)18-10-6-7-11-19(18)26(3)23(22)14-25-21-17-9-5-4-8-16(17)15(13-24)12-20(21)27-23/h4-12,14H,1-3H3. The van der Waals surface area contributed by atoms with Crippen molar-refractivity contribution in [3.05, 3.63) is 65.7 Å². The molecule has 0 aromatic heterocycles. The lowest BCUT2D eigenvalue weighted by Gasteiger charge is -2.45. The smallest absolute Gasteiger partial charge is 0.228 e. The second kappa shape index (κ2) is 5.11. The van der Waals surface area contributed by atoms with Gasteiger partial charge in [0.2, 0.25) is 5.72 Å². The molecule has 27 heavy (non-hydrogen) atoms. The molecule has 3 aromatic rings. The van der Waals surface area contributed by atoms with Gasteiger partial charge in [-0.2, -0.15) is 5.26 Å². The Kier molecular flexibility index (Phi) is 3.01. The van der Waals surface area contributed by atoms with Gasteiger partial charge >= 0.3 is 0 Å². The summed E-state index contributed by atoms with van der Waals surface area (Å²) in [4.78, 5) is 7.01. The van der Waals surface area contributed by atoms with E-state index < -0.39 is 5.72 Å². The minimum absolute atomic E-state index is 0.308. The topological polar surface area (TPSA) is 48.6 Å². The van der Waals surface area contributed by atoms with E-state index in [9.17, 15) is 5.26 Å². The Hall–Kier alpha value is -3.32. The van der Waals surface area contributed by atoms with Crippen molar-refractivity contribution in [1.82, 2.24) is 0 Å². The molecule has 0 amide bonds. The van der Waals surface area contributed by atoms with Gasteiger partial charge in [0.05, 0.1) is 23.3 Å². The van der Waals surface area contributed by atoms with Gasteiger partial charge < -0.3 is 9.64 Å². The van der Waals surface area contributed by atoms with E-state index in [1.165, 1.54) is 5.56 Å². The van der Waals surface area contributed by atoms with Gasteiger partial charge in [-0.1, -0.05) is 42.5 Å². The number of fused-ring (bicyclic) bond motifs is 4. The van der Waals surface area contributed by atoms with Crippen LogP contribution in [0.1, 0.15) is 25.0 Å². The molecule has 1 spiro atoms. The minimum Gasteiger partial charge on any atom is -0.459 e. The average Bonchev–Trinajstić information content (AvgIpc) is 2.86. The number of likely N-dealkylation sites (N-methyl/N-ethyl adjacent to an activating group) is 1. The molecule has 1 unspecified atom stereocenters. The molecule has 2 aliphatic rings. The van der Waals surface area contributed by atoms with Crippen LogP contribution in [0.3, 0.4) is 0 Å². The normalized spacial score (nSPS) is 21.6. The lowest BCUT2D eigenvalue weighted by atomic mass is 9.77. The zero-order valence-corrected chi connectivity index (χ0v) is 15.5. The lowest BCUT2D eigenvalue weighted by molar-refractivity contribution is 0.0826. The molecule has 0 saturated carbocycles. The van der Waals surface area contributed by atoms with E-state index in [2.05, 4.69) is 43.0 Å². The predicted octanol–water partition coefficient (Wildman–Crippen LogP) is 4.93.